The molecule has 4 rings (SSSR count). The normalized spacial score (nSPS) is 16.0. The minimum Gasteiger partial charge on any atom is -0.416 e. The average molecular weight is 358 g/mol. The van der Waals surface area contributed by atoms with Gasteiger partial charge in [0.1, 0.15) is 18.0 Å². The first-order valence-electron chi connectivity index (χ1n) is 7.62. The zero-order valence-corrected chi connectivity index (χ0v) is 13.2. The molecule has 0 saturated carbocycles. The van der Waals surface area contributed by atoms with Crippen LogP contribution < -0.4 is 11.0 Å². The van der Waals surface area contributed by atoms with Gasteiger partial charge >= 0.3 is 0 Å². The van der Waals surface area contributed by atoms with Crippen LogP contribution in [-0.4, -0.2) is 24.7 Å². The smallest absolute Gasteiger partial charge is 0.287 e. The molecule has 26 heavy (non-hydrogen) atoms. The van der Waals surface area contributed by atoms with Gasteiger partial charge in [0.15, 0.2) is 5.82 Å². The third-order valence-corrected chi connectivity index (χ3v) is 3.82. The number of nitrogens with one attached hydrogen (secondary N) is 2. The molecule has 0 saturated heterocycles. The summed E-state index contributed by atoms with van der Waals surface area (Å²) in [6.45, 7) is 0.104. The average Bonchev–Trinajstić information content (AvgIpc) is 3.29. The lowest BCUT2D eigenvalue weighted by Crippen LogP contribution is -2.18. The van der Waals surface area contributed by atoms with Crippen LogP contribution >= 0.6 is 0 Å². The Morgan fingerprint density at radius 2 is 2.19 bits per heavy atom. The molecule has 10 heteroatoms. The van der Waals surface area contributed by atoms with Crippen molar-refractivity contribution in [3.63, 3.8) is 0 Å². The van der Waals surface area contributed by atoms with E-state index in [0.29, 0.717) is 17.0 Å². The van der Waals surface area contributed by atoms with E-state index >= 15 is 0 Å². The Kier molecular flexibility index (Phi) is 4.01. The highest BCUT2D eigenvalue weighted by molar-refractivity contribution is 5.50. The zero-order chi connectivity index (χ0) is 18.1. The molecule has 2 N–H and O–H groups in total. The van der Waals surface area contributed by atoms with Crippen LogP contribution in [0, 0.1) is 11.8 Å². The van der Waals surface area contributed by atoms with Gasteiger partial charge in [-0.15, -0.1) is 5.48 Å². The van der Waals surface area contributed by atoms with Crippen molar-refractivity contribution in [2.24, 2.45) is 0 Å². The third kappa shape index (κ3) is 2.97. The largest absolute Gasteiger partial charge is 0.416 e. The van der Waals surface area contributed by atoms with E-state index in [4.69, 9.17) is 4.84 Å². The molecule has 0 aromatic carbocycles. The number of aromatic amines is 1. The standard InChI is InChI=1S/C16H12F2N6O2/c17-10-7-20-15(21-16(10)25)12-6-13(11-3-5-26-23-11)24(22-12)8-9-2-1-4-19-14(9)18/h1-7,11,23H,8H2,(H,20,21,25). The first-order valence-corrected chi connectivity index (χ1v) is 7.62. The van der Waals surface area contributed by atoms with Gasteiger partial charge in [0.2, 0.25) is 11.8 Å². The van der Waals surface area contributed by atoms with Crippen molar-refractivity contribution in [3.05, 3.63) is 76.3 Å². The van der Waals surface area contributed by atoms with Crippen LogP contribution in [0.3, 0.4) is 0 Å². The molecular formula is C16H12F2N6O2. The Morgan fingerprint density at radius 3 is 2.92 bits per heavy atom. The lowest BCUT2D eigenvalue weighted by Gasteiger charge is -2.11. The van der Waals surface area contributed by atoms with Gasteiger partial charge in [0, 0.05) is 11.8 Å². The monoisotopic (exact) mass is 358 g/mol. The molecule has 0 aliphatic carbocycles. The summed E-state index contributed by atoms with van der Waals surface area (Å²) in [4.78, 5) is 26.3. The molecular weight excluding hydrogens is 346 g/mol. The second kappa shape index (κ2) is 6.48. The number of H-pyrrole nitrogens is 1. The summed E-state index contributed by atoms with van der Waals surface area (Å²) in [5.41, 5.74) is 3.16. The van der Waals surface area contributed by atoms with Crippen molar-refractivity contribution in [2.45, 2.75) is 12.6 Å². The summed E-state index contributed by atoms with van der Waals surface area (Å²) in [6.07, 6.45) is 5.41. The van der Waals surface area contributed by atoms with Gasteiger partial charge in [-0.25, -0.2) is 9.97 Å². The van der Waals surface area contributed by atoms with Crippen molar-refractivity contribution in [1.29, 1.82) is 0 Å². The lowest BCUT2D eigenvalue weighted by atomic mass is 10.2. The van der Waals surface area contributed by atoms with Crippen molar-refractivity contribution < 1.29 is 13.6 Å². The molecule has 1 atom stereocenters. The van der Waals surface area contributed by atoms with Gasteiger partial charge in [0.05, 0.1) is 18.4 Å². The molecule has 0 amide bonds. The van der Waals surface area contributed by atoms with Crippen LogP contribution in [0.25, 0.3) is 11.5 Å². The summed E-state index contributed by atoms with van der Waals surface area (Å²) < 4.78 is 28.6. The van der Waals surface area contributed by atoms with Gasteiger partial charge in [-0.05, 0) is 18.2 Å². The van der Waals surface area contributed by atoms with Crippen molar-refractivity contribution >= 4 is 0 Å². The molecule has 0 spiro atoms. The van der Waals surface area contributed by atoms with E-state index < -0.39 is 17.3 Å². The molecule has 1 aliphatic heterocycles. The Balaban J connectivity index is 1.77. The molecule has 3 aromatic heterocycles. The second-order valence-corrected chi connectivity index (χ2v) is 5.52. The van der Waals surface area contributed by atoms with Crippen LogP contribution in [0.4, 0.5) is 8.78 Å². The Bertz CT molecular complexity index is 1050. The predicted octanol–water partition coefficient (Wildman–Crippen LogP) is 1.44. The number of nitrogens with zero attached hydrogens (tertiary/aromatic N) is 4. The Hall–Kier alpha value is -3.40. The van der Waals surface area contributed by atoms with Crippen LogP contribution in [0.5, 0.6) is 0 Å². The Morgan fingerprint density at radius 1 is 1.31 bits per heavy atom. The van der Waals surface area contributed by atoms with Crippen LogP contribution in [0.1, 0.15) is 17.3 Å². The molecule has 132 valence electrons. The number of rotatable bonds is 4. The first-order chi connectivity index (χ1) is 12.6. The summed E-state index contributed by atoms with van der Waals surface area (Å²) in [6, 6.07) is 4.54. The van der Waals surface area contributed by atoms with Gasteiger partial charge < -0.3 is 9.82 Å². The molecule has 4 heterocycles. The molecule has 0 fully saturated rings. The van der Waals surface area contributed by atoms with Crippen LogP contribution in [-0.2, 0) is 11.4 Å². The quantitative estimate of drug-likeness (QED) is 0.685. The van der Waals surface area contributed by atoms with E-state index in [9.17, 15) is 13.6 Å². The predicted molar refractivity (Wildman–Crippen MR) is 85.4 cm³/mol. The van der Waals surface area contributed by atoms with E-state index in [0.717, 1.165) is 6.20 Å². The minimum atomic E-state index is -0.986. The first kappa shape index (κ1) is 16.1. The molecule has 0 radical (unpaired) electrons. The molecule has 0 bridgehead atoms. The number of pyridine rings is 1. The fourth-order valence-electron chi connectivity index (χ4n) is 2.56. The van der Waals surface area contributed by atoms with Gasteiger partial charge in [-0.2, -0.15) is 13.9 Å². The van der Waals surface area contributed by atoms with Gasteiger partial charge in [0.25, 0.3) is 5.56 Å². The van der Waals surface area contributed by atoms with Crippen molar-refractivity contribution in [2.75, 3.05) is 0 Å². The SMILES string of the molecule is O=c1[nH]c(-c2cc(C3C=CON3)n(Cc3cccnc3F)n2)ncc1F. The minimum absolute atomic E-state index is 0.103. The maximum Gasteiger partial charge on any atom is 0.287 e. The van der Waals surface area contributed by atoms with Crippen molar-refractivity contribution in [1.82, 2.24) is 30.2 Å². The van der Waals surface area contributed by atoms with Gasteiger partial charge in [-0.3, -0.25) is 9.48 Å². The molecule has 1 unspecified atom stereocenters. The summed E-state index contributed by atoms with van der Waals surface area (Å²) in [7, 11) is 0. The maximum absolute atomic E-state index is 13.9. The van der Waals surface area contributed by atoms with Crippen LogP contribution in [0.15, 0.2) is 47.7 Å². The highest BCUT2D eigenvalue weighted by Gasteiger charge is 2.22. The number of halogens is 2. The van der Waals surface area contributed by atoms with E-state index in [1.54, 1.807) is 24.3 Å². The summed E-state index contributed by atoms with van der Waals surface area (Å²) >= 11 is 0. The van der Waals surface area contributed by atoms with E-state index in [-0.39, 0.29) is 18.4 Å². The van der Waals surface area contributed by atoms with Crippen molar-refractivity contribution in [3.8, 4) is 11.5 Å². The number of hydrogen-bond acceptors (Lipinski definition) is 6. The summed E-state index contributed by atoms with van der Waals surface area (Å²) in [5.74, 6) is -1.49. The second-order valence-electron chi connectivity index (χ2n) is 5.52. The van der Waals surface area contributed by atoms with Gasteiger partial charge in [-0.1, -0.05) is 6.07 Å². The topological polar surface area (TPSA) is 97.7 Å². The van der Waals surface area contributed by atoms with Crippen LogP contribution in [0.2, 0.25) is 0 Å². The molecule has 8 nitrogen and oxygen atoms in total. The summed E-state index contributed by atoms with van der Waals surface area (Å²) in [5, 5.41) is 4.37. The van der Waals surface area contributed by atoms with E-state index in [1.807, 2.05) is 0 Å². The number of aromatic nitrogens is 5. The highest BCUT2D eigenvalue weighted by Crippen LogP contribution is 2.24. The third-order valence-electron chi connectivity index (χ3n) is 3.82. The molecule has 3 aromatic rings. The highest BCUT2D eigenvalue weighted by atomic mass is 19.1. The lowest BCUT2D eigenvalue weighted by molar-refractivity contribution is 0.139. The molecule has 1 aliphatic rings. The Labute approximate surface area is 145 Å². The van der Waals surface area contributed by atoms with E-state index in [1.165, 1.54) is 17.1 Å². The van der Waals surface area contributed by atoms with E-state index in [2.05, 4.69) is 25.5 Å². The fraction of sp³-hybridized carbons (Fsp3) is 0.125. The fourth-order valence-corrected chi connectivity index (χ4v) is 2.56. The zero-order valence-electron chi connectivity index (χ0n) is 13.2. The number of hydrogen-bond donors (Lipinski definition) is 2. The maximum atomic E-state index is 13.9. The number of hydroxylamine groups is 1.